The van der Waals surface area contributed by atoms with Crippen LogP contribution in [0.5, 0.6) is 0 Å². The van der Waals surface area contributed by atoms with Crippen LogP contribution in [0, 0.1) is 92.7 Å². The van der Waals surface area contributed by atoms with Crippen LogP contribution in [0.25, 0.3) is 0 Å². The van der Waals surface area contributed by atoms with Crippen LogP contribution in [-0.2, 0) is 28.5 Å². The van der Waals surface area contributed by atoms with Crippen LogP contribution in [0.1, 0.15) is 223 Å². The van der Waals surface area contributed by atoms with Crippen molar-refractivity contribution in [2.24, 2.45) is 103 Å². The van der Waals surface area contributed by atoms with E-state index < -0.39 is 0 Å². The Labute approximate surface area is 542 Å². The monoisotopic (exact) mass is 1250 g/mol. The maximum atomic E-state index is 14.2. The number of rotatable bonds is 4. The molecule has 8 fully saturated rings. The first-order chi connectivity index (χ1) is 44.3. The Balaban J connectivity index is 0.744. The number of hydrogen-bond acceptors (Lipinski definition) is 14. The fourth-order valence-corrected chi connectivity index (χ4v) is 21.7. The van der Waals surface area contributed by atoms with E-state index in [4.69, 9.17) is 18.9 Å². The average Bonchev–Trinajstić information content (AvgIpc) is 1.36. The van der Waals surface area contributed by atoms with Crippen molar-refractivity contribution in [2.45, 2.75) is 194 Å². The number of amides is 2. The molecule has 16 heteroatoms. The van der Waals surface area contributed by atoms with Crippen molar-refractivity contribution in [3.8, 4) is 0 Å². The molecule has 8 aliphatic heterocycles. The molecule has 0 spiro atoms. The van der Waals surface area contributed by atoms with Gasteiger partial charge in [-0.05, 0) is 257 Å². The molecule has 2 N–H and O–H groups in total. The summed E-state index contributed by atoms with van der Waals surface area (Å²) in [7, 11) is 0. The first-order valence-electron chi connectivity index (χ1n) is 34.8. The fourth-order valence-electron chi connectivity index (χ4n) is 21.7. The van der Waals surface area contributed by atoms with Gasteiger partial charge in [-0.15, -0.1) is 0 Å². The number of carbonyl (C=O) groups is 6. The molecule has 2 amide bonds. The molecule has 16 nitrogen and oxygen atoms in total. The molecule has 10 heterocycles. The Bertz CT molecular complexity index is 3250. The summed E-state index contributed by atoms with van der Waals surface area (Å²) in [4.78, 5) is 92.0. The predicted molar refractivity (Wildman–Crippen MR) is 348 cm³/mol. The molecule has 16 aliphatic rings. The Morgan fingerprint density at radius 3 is 1.29 bits per heavy atom. The van der Waals surface area contributed by atoms with E-state index in [0.29, 0.717) is 93.6 Å². The minimum absolute atomic E-state index is 0.0395. The molecule has 92 heavy (non-hydrogen) atoms. The standard InChI is InChI=1S/C76H94N6O10/c1-45-13-23-67(83)81-79-43-47-9-7-11-51(37-47)71(87)90-56-26-32-74(4)54(40-56)16-18-58-62-22-20-60(76(62,6)66(42-64(58)74)92-70(86)50-29-35-78-36-30-50)46(2)14-24-68(84)82-80-44-48-10-8-12-52(38-48)72(88)89-55-25-31-73(3)53(39-55)15-17-57-61-21-19-59(45)75(61,5)65(41-63(57)73)91-69(85)49-27-33-77-34-28-49/h7-12,27-30,33-38,43-46,53-66H,13-26,31-32,39-42H2,1-6H3,(H,81,83)(H,82,84)/b79-43+,80-44+/t45-,46-,53-,54-,55+,56+,57+,58+,59-,60-,61+,62+,63+,64+,65+,66+,73+,74+,75-,76-/m1/s1. The Kier molecular flexibility index (Phi) is 18.0. The summed E-state index contributed by atoms with van der Waals surface area (Å²) >= 11 is 0. The number of benzene rings is 2. The molecule has 488 valence electrons. The number of pyridine rings is 2. The minimum atomic E-state index is -0.372. The van der Waals surface area contributed by atoms with Crippen molar-refractivity contribution in [1.82, 2.24) is 20.8 Å². The van der Waals surface area contributed by atoms with Gasteiger partial charge in [-0.1, -0.05) is 65.8 Å². The van der Waals surface area contributed by atoms with Gasteiger partial charge in [0.25, 0.3) is 0 Å². The Morgan fingerprint density at radius 2 is 0.880 bits per heavy atom. The van der Waals surface area contributed by atoms with Crippen molar-refractivity contribution in [2.75, 3.05) is 0 Å². The van der Waals surface area contributed by atoms with E-state index in [0.717, 1.165) is 103 Å². The molecule has 4 aromatic rings. The van der Waals surface area contributed by atoms with Gasteiger partial charge in [0, 0.05) is 48.5 Å². The van der Waals surface area contributed by atoms with Crippen LogP contribution < -0.4 is 10.9 Å². The van der Waals surface area contributed by atoms with Crippen molar-refractivity contribution in [3.05, 3.63) is 131 Å². The van der Waals surface area contributed by atoms with Crippen molar-refractivity contribution in [3.63, 3.8) is 0 Å². The zero-order valence-electron chi connectivity index (χ0n) is 54.6. The van der Waals surface area contributed by atoms with E-state index in [9.17, 15) is 28.8 Å². The Morgan fingerprint density at radius 1 is 0.478 bits per heavy atom. The summed E-state index contributed by atoms with van der Waals surface area (Å²) in [6.45, 7) is 14.2. The molecule has 0 unspecified atom stereocenters. The van der Waals surface area contributed by atoms with Crippen molar-refractivity contribution >= 4 is 48.1 Å². The molecule has 8 aliphatic carbocycles. The highest BCUT2D eigenvalue weighted by atomic mass is 16.6. The lowest BCUT2D eigenvalue weighted by Crippen LogP contribution is -2.59. The zero-order chi connectivity index (χ0) is 64.1. The van der Waals surface area contributed by atoms with E-state index in [1.807, 2.05) is 24.3 Å². The van der Waals surface area contributed by atoms with E-state index in [2.05, 4.69) is 72.6 Å². The SMILES string of the molecule is C[C@@H]1CCC(=O)N/N=C/c2cccc(c2)C(=O)O[C@H]2CC[C@@]3(C)[C@H](CC[C@@H]4[C@@H]3C[C@H](OC(=O)c3ccncc3)[C@]3(C)[C@H](CC[C@@H]43)[C@H](C)CCC(=O)N/N=C/c3cccc(c3)C(=O)O[C@H]3CC[C@@]4(C)[C@H](CC[C@@H]5[C@@H]4C[C@H](OC(=O)c4ccncc4)[C@]4(C)[C@@H]1CC[C@@H]54)C3)C2. The Hall–Kier alpha value is -7.10. The second-order valence-corrected chi connectivity index (χ2v) is 30.6. The van der Waals surface area contributed by atoms with Gasteiger partial charge < -0.3 is 18.9 Å². The molecule has 0 saturated heterocycles. The average molecular weight is 1250 g/mol. The van der Waals surface area contributed by atoms with E-state index in [1.165, 1.54) is 0 Å². The second kappa shape index (κ2) is 26.0. The van der Waals surface area contributed by atoms with E-state index >= 15 is 0 Å². The summed E-state index contributed by atoms with van der Waals surface area (Å²) in [6.07, 6.45) is 25.0. The molecular weight excluding hydrogens is 1160 g/mol. The molecule has 2 aromatic carbocycles. The highest BCUT2D eigenvalue weighted by molar-refractivity contribution is 5.94. The van der Waals surface area contributed by atoms with Gasteiger partial charge in [-0.2, -0.15) is 10.2 Å². The van der Waals surface area contributed by atoms with Crippen LogP contribution in [0.2, 0.25) is 0 Å². The summed E-state index contributed by atoms with van der Waals surface area (Å²) in [5.41, 5.74) is 8.02. The fraction of sp³-hybridized carbons (Fsp3) is 0.605. The molecule has 2 aromatic heterocycles. The minimum Gasteiger partial charge on any atom is -0.459 e. The van der Waals surface area contributed by atoms with Crippen LogP contribution in [0.3, 0.4) is 0 Å². The van der Waals surface area contributed by atoms with Crippen LogP contribution in [0.4, 0.5) is 0 Å². The third kappa shape index (κ3) is 12.0. The maximum Gasteiger partial charge on any atom is 0.338 e. The number of aromatic nitrogens is 2. The second-order valence-electron chi connectivity index (χ2n) is 30.6. The number of nitrogens with one attached hydrogen (secondary N) is 2. The van der Waals surface area contributed by atoms with Crippen molar-refractivity contribution < 1.29 is 47.7 Å². The highest BCUT2D eigenvalue weighted by Gasteiger charge is 2.67. The molecule has 0 radical (unpaired) electrons. The van der Waals surface area contributed by atoms with Gasteiger partial charge in [0.1, 0.15) is 24.4 Å². The number of carbonyl (C=O) groups excluding carboxylic acids is 6. The third-order valence-corrected chi connectivity index (χ3v) is 26.5. The third-order valence-electron chi connectivity index (χ3n) is 26.5. The highest BCUT2D eigenvalue weighted by Crippen LogP contribution is 2.71. The lowest BCUT2D eigenvalue weighted by Gasteiger charge is -2.62. The first kappa shape index (κ1) is 63.6. The summed E-state index contributed by atoms with van der Waals surface area (Å²) in [5, 5.41) is 8.75. The van der Waals surface area contributed by atoms with Gasteiger partial charge in [0.15, 0.2) is 0 Å². The number of hydrogen-bond donors (Lipinski definition) is 2. The predicted octanol–water partition coefficient (Wildman–Crippen LogP) is 14.0. The van der Waals surface area contributed by atoms with Gasteiger partial charge in [0.05, 0.1) is 34.7 Å². The molecule has 20 atom stereocenters. The maximum absolute atomic E-state index is 14.2. The van der Waals surface area contributed by atoms with Gasteiger partial charge >= 0.3 is 23.9 Å². The normalized spacial score (nSPS) is 39.6. The number of esters is 4. The summed E-state index contributed by atoms with van der Waals surface area (Å²) < 4.78 is 26.3. The van der Waals surface area contributed by atoms with Gasteiger partial charge in [0.2, 0.25) is 11.8 Å². The van der Waals surface area contributed by atoms with Gasteiger partial charge in [-0.25, -0.2) is 30.0 Å². The quantitative estimate of drug-likeness (QED) is 0.144. The molecule has 20 bridgehead atoms. The van der Waals surface area contributed by atoms with Gasteiger partial charge in [-0.3, -0.25) is 19.6 Å². The van der Waals surface area contributed by atoms with Crippen LogP contribution in [0.15, 0.2) is 108 Å². The lowest BCUT2D eigenvalue weighted by molar-refractivity contribution is -0.176. The molecule has 20 rings (SSSR count). The summed E-state index contributed by atoms with van der Waals surface area (Å²) in [6, 6.07) is 21.3. The smallest absolute Gasteiger partial charge is 0.338 e. The largest absolute Gasteiger partial charge is 0.459 e. The molecule has 8 saturated carbocycles. The topological polar surface area (TPSA) is 214 Å². The lowest BCUT2D eigenvalue weighted by atomic mass is 9.43. The summed E-state index contributed by atoms with van der Waals surface area (Å²) in [5.74, 6) is 1.84. The van der Waals surface area contributed by atoms with E-state index in [1.54, 1.807) is 85.7 Å². The molecular formula is C76H94N6O10. The van der Waals surface area contributed by atoms with E-state index in [-0.39, 0.29) is 118 Å². The van der Waals surface area contributed by atoms with Crippen molar-refractivity contribution in [1.29, 1.82) is 0 Å². The van der Waals surface area contributed by atoms with Crippen LogP contribution in [-0.4, -0.2) is 82.5 Å². The number of hydrazone groups is 2. The zero-order valence-corrected chi connectivity index (χ0v) is 54.6. The first-order valence-corrected chi connectivity index (χ1v) is 34.8. The number of nitrogens with zero attached hydrogens (tertiary/aromatic N) is 4. The van der Waals surface area contributed by atoms with Crippen LogP contribution >= 0.6 is 0 Å². The number of ether oxygens (including phenoxy) is 4.